The fourth-order valence-electron chi connectivity index (χ4n) is 2.06. The Bertz CT molecular complexity index is 380. The molecule has 0 radical (unpaired) electrons. The van der Waals surface area contributed by atoms with Gasteiger partial charge in [0.1, 0.15) is 6.04 Å². The van der Waals surface area contributed by atoms with Crippen LogP contribution < -0.4 is 0 Å². The summed E-state index contributed by atoms with van der Waals surface area (Å²) in [6.45, 7) is 1.82. The molecule has 1 fully saturated rings. The number of nitrogens with zero attached hydrogens (tertiary/aromatic N) is 1. The molecule has 0 bridgehead atoms. The van der Waals surface area contributed by atoms with Gasteiger partial charge in [-0.3, -0.25) is 9.69 Å². The Balaban J connectivity index is 2.01. The first kappa shape index (κ1) is 12.1. The van der Waals surface area contributed by atoms with E-state index < -0.39 is 0 Å². The van der Waals surface area contributed by atoms with Gasteiger partial charge in [0.2, 0.25) is 0 Å². The van der Waals surface area contributed by atoms with Gasteiger partial charge in [-0.1, -0.05) is 0 Å². The molecule has 2 heterocycles. The molecule has 1 aliphatic heterocycles. The van der Waals surface area contributed by atoms with Crippen molar-refractivity contribution in [2.75, 3.05) is 13.7 Å². The van der Waals surface area contributed by atoms with Crippen molar-refractivity contribution >= 4 is 33.2 Å². The summed E-state index contributed by atoms with van der Waals surface area (Å²) in [6.07, 6.45) is 1.99. The molecule has 3 nitrogen and oxygen atoms in total. The fraction of sp³-hybridized carbons (Fsp3) is 0.545. The lowest BCUT2D eigenvalue weighted by molar-refractivity contribution is -0.146. The van der Waals surface area contributed by atoms with Crippen molar-refractivity contribution < 1.29 is 9.53 Å². The van der Waals surface area contributed by atoms with Crippen LogP contribution in [0.25, 0.3) is 0 Å². The second kappa shape index (κ2) is 5.29. The third-order valence-corrected chi connectivity index (χ3v) is 4.43. The Morgan fingerprint density at radius 1 is 1.69 bits per heavy atom. The van der Waals surface area contributed by atoms with Crippen LogP contribution >= 0.6 is 27.3 Å². The van der Waals surface area contributed by atoms with Crippen molar-refractivity contribution in [1.29, 1.82) is 0 Å². The monoisotopic (exact) mass is 303 g/mol. The summed E-state index contributed by atoms with van der Waals surface area (Å²) in [5.74, 6) is -0.104. The fourth-order valence-corrected chi connectivity index (χ4v) is 3.56. The predicted octanol–water partition coefficient (Wildman–Crippen LogP) is 2.65. The van der Waals surface area contributed by atoms with Gasteiger partial charge >= 0.3 is 5.97 Å². The number of rotatable bonds is 3. The Morgan fingerprint density at radius 3 is 3.12 bits per heavy atom. The van der Waals surface area contributed by atoms with Crippen LogP contribution in [0.1, 0.15) is 17.7 Å². The minimum Gasteiger partial charge on any atom is -0.468 e. The van der Waals surface area contributed by atoms with Crippen LogP contribution in [0.3, 0.4) is 0 Å². The zero-order valence-electron chi connectivity index (χ0n) is 9.11. The van der Waals surface area contributed by atoms with Crippen molar-refractivity contribution in [1.82, 2.24) is 4.90 Å². The van der Waals surface area contributed by atoms with Gasteiger partial charge in [0.15, 0.2) is 0 Å². The van der Waals surface area contributed by atoms with Gasteiger partial charge < -0.3 is 4.74 Å². The average Bonchev–Trinajstić information content (AvgIpc) is 2.87. The van der Waals surface area contributed by atoms with Gasteiger partial charge in [-0.2, -0.15) is 0 Å². The number of esters is 1. The molecule has 0 saturated carbocycles. The summed E-state index contributed by atoms with van der Waals surface area (Å²) in [6, 6.07) is 4.09. The van der Waals surface area contributed by atoms with Crippen LogP contribution in [-0.4, -0.2) is 30.6 Å². The summed E-state index contributed by atoms with van der Waals surface area (Å²) in [7, 11) is 1.46. The molecule has 0 spiro atoms. The van der Waals surface area contributed by atoms with Crippen LogP contribution in [-0.2, 0) is 16.1 Å². The van der Waals surface area contributed by atoms with Crippen LogP contribution in [0.4, 0.5) is 0 Å². The third-order valence-electron chi connectivity index (χ3n) is 2.82. The minimum absolute atomic E-state index is 0.0501. The molecule has 2 rings (SSSR count). The molecule has 1 atom stereocenters. The highest BCUT2D eigenvalue weighted by Crippen LogP contribution is 2.26. The number of methoxy groups -OCH3 is 1. The molecule has 0 N–H and O–H groups in total. The van der Waals surface area contributed by atoms with Gasteiger partial charge in [-0.25, -0.2) is 0 Å². The van der Waals surface area contributed by atoms with E-state index in [1.807, 2.05) is 6.07 Å². The van der Waals surface area contributed by atoms with E-state index in [1.165, 1.54) is 12.0 Å². The number of carbonyl (C=O) groups is 1. The second-order valence-electron chi connectivity index (χ2n) is 3.86. The van der Waals surface area contributed by atoms with E-state index in [-0.39, 0.29) is 12.0 Å². The maximum absolute atomic E-state index is 11.6. The van der Waals surface area contributed by atoms with Crippen molar-refractivity contribution in [3.63, 3.8) is 0 Å². The molecular formula is C11H14BrNO2S. The lowest BCUT2D eigenvalue weighted by Gasteiger charge is -2.21. The number of carbonyl (C=O) groups excluding carboxylic acids is 1. The number of hydrogen-bond donors (Lipinski definition) is 0. The van der Waals surface area contributed by atoms with E-state index in [2.05, 4.69) is 26.9 Å². The highest BCUT2D eigenvalue weighted by atomic mass is 79.9. The van der Waals surface area contributed by atoms with Gasteiger partial charge in [-0.15, -0.1) is 11.3 Å². The predicted molar refractivity (Wildman–Crippen MR) is 67.5 cm³/mol. The minimum atomic E-state index is -0.104. The van der Waals surface area contributed by atoms with Gasteiger partial charge in [0.05, 0.1) is 10.9 Å². The van der Waals surface area contributed by atoms with E-state index in [0.717, 1.165) is 29.7 Å². The van der Waals surface area contributed by atoms with E-state index in [4.69, 9.17) is 4.74 Å². The number of ether oxygens (including phenoxy) is 1. The summed E-state index contributed by atoms with van der Waals surface area (Å²) < 4.78 is 5.96. The smallest absolute Gasteiger partial charge is 0.323 e. The van der Waals surface area contributed by atoms with Crippen LogP contribution in [0.2, 0.25) is 0 Å². The van der Waals surface area contributed by atoms with Crippen molar-refractivity contribution in [3.8, 4) is 0 Å². The highest BCUT2D eigenvalue weighted by molar-refractivity contribution is 9.11. The first-order chi connectivity index (χ1) is 7.70. The highest BCUT2D eigenvalue weighted by Gasteiger charge is 2.31. The molecule has 1 aromatic heterocycles. The molecular weight excluding hydrogens is 290 g/mol. The summed E-state index contributed by atoms with van der Waals surface area (Å²) in [5.41, 5.74) is 0. The first-order valence-corrected chi connectivity index (χ1v) is 6.88. The molecule has 1 aromatic rings. The van der Waals surface area contributed by atoms with Crippen LogP contribution in [0.5, 0.6) is 0 Å². The topological polar surface area (TPSA) is 29.5 Å². The van der Waals surface area contributed by atoms with E-state index in [9.17, 15) is 4.79 Å². The quantitative estimate of drug-likeness (QED) is 0.804. The lowest BCUT2D eigenvalue weighted by atomic mass is 10.2. The number of thiophene rings is 1. The average molecular weight is 304 g/mol. The normalized spacial score (nSPS) is 21.2. The number of likely N-dealkylation sites (tertiary alicyclic amines) is 1. The van der Waals surface area contributed by atoms with Gasteiger partial charge in [0.25, 0.3) is 0 Å². The molecule has 0 aliphatic carbocycles. The Kier molecular flexibility index (Phi) is 4.00. The maximum atomic E-state index is 11.6. The summed E-state index contributed by atoms with van der Waals surface area (Å²) in [4.78, 5) is 15.0. The summed E-state index contributed by atoms with van der Waals surface area (Å²) >= 11 is 5.17. The Morgan fingerprint density at radius 2 is 2.50 bits per heavy atom. The van der Waals surface area contributed by atoms with Crippen molar-refractivity contribution in [2.24, 2.45) is 0 Å². The largest absolute Gasteiger partial charge is 0.468 e. The van der Waals surface area contributed by atoms with Crippen molar-refractivity contribution in [3.05, 3.63) is 20.8 Å². The van der Waals surface area contributed by atoms with Crippen molar-refractivity contribution in [2.45, 2.75) is 25.4 Å². The molecule has 0 aromatic carbocycles. The van der Waals surface area contributed by atoms with Crippen LogP contribution in [0.15, 0.2) is 15.9 Å². The van der Waals surface area contributed by atoms with Gasteiger partial charge in [-0.05, 0) is 47.4 Å². The standard InChI is InChI=1S/C11H14BrNO2S/c1-15-11(14)9-3-2-6-13(9)7-8-4-5-10(12)16-8/h4-5,9H,2-3,6-7H2,1H3. The Hall–Kier alpha value is -0.390. The molecule has 16 heavy (non-hydrogen) atoms. The molecule has 1 unspecified atom stereocenters. The first-order valence-electron chi connectivity index (χ1n) is 5.27. The lowest BCUT2D eigenvalue weighted by Crippen LogP contribution is -2.36. The molecule has 1 saturated heterocycles. The molecule has 0 amide bonds. The third kappa shape index (κ3) is 2.64. The summed E-state index contributed by atoms with van der Waals surface area (Å²) in [5, 5.41) is 0. The van der Waals surface area contributed by atoms with E-state index >= 15 is 0 Å². The van der Waals surface area contributed by atoms with E-state index in [1.54, 1.807) is 11.3 Å². The maximum Gasteiger partial charge on any atom is 0.323 e. The zero-order valence-corrected chi connectivity index (χ0v) is 11.5. The zero-order chi connectivity index (χ0) is 11.5. The molecule has 88 valence electrons. The second-order valence-corrected chi connectivity index (χ2v) is 6.41. The van der Waals surface area contributed by atoms with Crippen LogP contribution in [0, 0.1) is 0 Å². The SMILES string of the molecule is COC(=O)C1CCCN1Cc1ccc(Br)s1. The molecule has 1 aliphatic rings. The van der Waals surface area contributed by atoms with E-state index in [0.29, 0.717) is 0 Å². The number of halogens is 1. The van der Waals surface area contributed by atoms with Gasteiger partial charge in [0, 0.05) is 11.4 Å². The molecule has 5 heteroatoms. The number of hydrogen-bond acceptors (Lipinski definition) is 4. The Labute approximate surface area is 108 Å².